The van der Waals surface area contributed by atoms with E-state index < -0.39 is 59.4 Å². The molecule has 0 saturated carbocycles. The molecule has 18 heteroatoms. The van der Waals surface area contributed by atoms with Gasteiger partial charge in [-0.25, -0.2) is 0 Å². The van der Waals surface area contributed by atoms with Gasteiger partial charge >= 0.3 is 283 Å². The molecule has 0 spiro atoms. The van der Waals surface area contributed by atoms with Gasteiger partial charge in [-0.1, -0.05) is 0 Å². The van der Waals surface area contributed by atoms with Gasteiger partial charge in [0.25, 0.3) is 0 Å². The Hall–Kier alpha value is -3.33. The van der Waals surface area contributed by atoms with Gasteiger partial charge in [0, 0.05) is 0 Å². The Labute approximate surface area is 281 Å². The molecule has 0 atom stereocenters. The molecule has 4 aromatic rings. The van der Waals surface area contributed by atoms with Crippen LogP contribution in [0.2, 0.25) is 0 Å². The van der Waals surface area contributed by atoms with Crippen LogP contribution in [0.1, 0.15) is 11.1 Å². The van der Waals surface area contributed by atoms with Crippen molar-refractivity contribution < 1.29 is 69.4 Å². The van der Waals surface area contributed by atoms with Crippen molar-refractivity contribution in [2.75, 3.05) is 28.4 Å². The van der Waals surface area contributed by atoms with Crippen molar-refractivity contribution in [2.24, 2.45) is 0 Å². The molecule has 0 unspecified atom stereocenters. The molecule has 0 aliphatic rings. The number of methoxy groups -OCH3 is 4. The molecule has 0 fully saturated rings. The Morgan fingerprint density at radius 3 is 1.69 bits per heavy atom. The summed E-state index contributed by atoms with van der Waals surface area (Å²) in [6.45, 7) is 0. The fourth-order valence-electron chi connectivity index (χ4n) is 4.74. The Balaban J connectivity index is 1.84. The summed E-state index contributed by atoms with van der Waals surface area (Å²) in [6, 6.07) is 19.9. The van der Waals surface area contributed by atoms with Gasteiger partial charge < -0.3 is 0 Å². The molecular weight excluding hydrogens is 814 g/mol. The van der Waals surface area contributed by atoms with E-state index in [4.69, 9.17) is 18.9 Å². The van der Waals surface area contributed by atoms with Crippen molar-refractivity contribution in [3.05, 3.63) is 103 Å². The van der Waals surface area contributed by atoms with E-state index in [0.29, 0.717) is 27.8 Å². The molecule has 268 valence electrons. The molecular formula is C31H26F9IO7S. The summed E-state index contributed by atoms with van der Waals surface area (Å²) in [5, 5.41) is -5.83. The molecule has 0 N–H and O–H groups in total. The van der Waals surface area contributed by atoms with Crippen LogP contribution >= 0.6 is 20.2 Å². The number of hydrogen-bond acceptors (Lipinski definition) is 7. The van der Waals surface area contributed by atoms with Crippen LogP contribution in [0.3, 0.4) is 0 Å². The summed E-state index contributed by atoms with van der Waals surface area (Å²) in [5.41, 5.74) is 0.661. The summed E-state index contributed by atoms with van der Waals surface area (Å²) < 4.78 is 175. The monoisotopic (exact) mass is 840 g/mol. The van der Waals surface area contributed by atoms with E-state index in [1.165, 1.54) is 83.0 Å². The Morgan fingerprint density at radius 2 is 1.18 bits per heavy atom. The number of halogens is 10. The maximum absolute atomic E-state index is 14.7. The van der Waals surface area contributed by atoms with Crippen molar-refractivity contribution in [3.8, 4) is 11.5 Å². The molecule has 4 rings (SSSR count). The van der Waals surface area contributed by atoms with Crippen LogP contribution in [-0.2, 0) is 27.9 Å². The molecule has 49 heavy (non-hydrogen) atoms. The Bertz CT molecular complexity index is 1890. The molecule has 0 aromatic heterocycles. The third-order valence-corrected chi connectivity index (χ3v) is 14.6. The molecule has 0 heterocycles. The first kappa shape index (κ1) is 38.5. The number of benzene rings is 4. The van der Waals surface area contributed by atoms with Crippen molar-refractivity contribution in [3.63, 3.8) is 0 Å². The van der Waals surface area contributed by atoms with Gasteiger partial charge in [-0.15, -0.1) is 0 Å². The summed E-state index contributed by atoms with van der Waals surface area (Å²) in [6.07, 6.45) is -7.22. The topological polar surface area (TPSA) is 80.3 Å². The van der Waals surface area contributed by atoms with Crippen LogP contribution in [0.4, 0.5) is 39.5 Å². The van der Waals surface area contributed by atoms with E-state index in [-0.39, 0.29) is 12.7 Å². The fraction of sp³-hybridized carbons (Fsp3) is 0.290. The van der Waals surface area contributed by atoms with Gasteiger partial charge in [0.15, 0.2) is 0 Å². The average Bonchev–Trinajstić information content (AvgIpc) is 3.07. The van der Waals surface area contributed by atoms with Crippen molar-refractivity contribution in [1.82, 2.24) is 0 Å². The molecule has 0 saturated heterocycles. The third kappa shape index (κ3) is 6.52. The zero-order valence-electron chi connectivity index (χ0n) is 25.6. The number of alkyl halides is 9. The number of fused-ring (bicyclic) bond motifs is 1. The van der Waals surface area contributed by atoms with Crippen LogP contribution in [0.15, 0.2) is 84.9 Å². The van der Waals surface area contributed by atoms with Gasteiger partial charge in [-0.2, -0.15) is 0 Å². The molecule has 4 aromatic carbocycles. The van der Waals surface area contributed by atoms with Gasteiger partial charge in [0.05, 0.1) is 0 Å². The number of hydrogen-bond donors (Lipinski definition) is 0. The molecule has 0 bridgehead atoms. The van der Waals surface area contributed by atoms with Gasteiger partial charge in [-0.05, 0) is 0 Å². The second-order valence-corrected chi connectivity index (χ2v) is 16.5. The summed E-state index contributed by atoms with van der Waals surface area (Å²) in [7, 11) is -1.61. The van der Waals surface area contributed by atoms with Gasteiger partial charge in [-0.3, -0.25) is 0 Å². The zero-order valence-corrected chi connectivity index (χ0v) is 28.6. The quantitative estimate of drug-likeness (QED) is 0.0759. The first-order chi connectivity index (χ1) is 22.8. The van der Waals surface area contributed by atoms with Crippen LogP contribution < -0.4 is 9.47 Å². The summed E-state index contributed by atoms with van der Waals surface area (Å²) in [5.74, 6) is -15.6. The van der Waals surface area contributed by atoms with Crippen molar-refractivity contribution in [2.45, 2.75) is 29.1 Å². The van der Waals surface area contributed by atoms with E-state index in [1.807, 2.05) is 0 Å². The maximum atomic E-state index is 14.7. The molecule has 0 aliphatic carbocycles. The Morgan fingerprint density at radius 1 is 0.612 bits per heavy atom. The van der Waals surface area contributed by atoms with Crippen LogP contribution in [-0.4, -0.2) is 60.1 Å². The molecule has 0 amide bonds. The van der Waals surface area contributed by atoms with E-state index in [9.17, 15) is 47.9 Å². The predicted octanol–water partition coefficient (Wildman–Crippen LogP) is 8.58. The molecule has 0 aliphatic heterocycles. The number of ether oxygens (including phenoxy) is 4. The second kappa shape index (κ2) is 13.8. The van der Waals surface area contributed by atoms with E-state index in [1.54, 1.807) is 30.3 Å². The molecule has 7 nitrogen and oxygen atoms in total. The average molecular weight is 840 g/mol. The SMILES string of the molecule is COc1ccc2c(OC)ccc(C(OC)(OC)c3ccc(I(OS(=O)(=O)C(F)(F)C(F)(F)C(F)(F)C(F)(F)F)c4ccccc4)cc3)c2c1. The minimum atomic E-state index is -7.44. The van der Waals surface area contributed by atoms with Gasteiger partial charge in [0.2, 0.25) is 0 Å². The van der Waals surface area contributed by atoms with E-state index in [2.05, 4.69) is 2.51 Å². The standard InChI is InChI=1S/C31H26F9IO7S/c1-44-22-14-15-23-24(18-22)25(16-17-26(23)45-2)27(46-3,47-4)19-10-12-21(13-11-19)41(20-8-6-5-7-9-20)48-49(42,43)31(39,40)29(34,35)28(32,33)30(36,37)38/h5-18H,1-4H3. The zero-order chi connectivity index (χ0) is 36.6. The van der Waals surface area contributed by atoms with Gasteiger partial charge in [0.1, 0.15) is 0 Å². The van der Waals surface area contributed by atoms with Crippen LogP contribution in [0, 0.1) is 7.14 Å². The minimum absolute atomic E-state index is 0.109. The number of rotatable bonds is 13. The first-order valence-corrected chi connectivity index (χ1v) is 18.0. The van der Waals surface area contributed by atoms with Crippen molar-refractivity contribution >= 4 is 41.1 Å². The van der Waals surface area contributed by atoms with E-state index in [0.717, 1.165) is 0 Å². The van der Waals surface area contributed by atoms with Crippen molar-refractivity contribution in [1.29, 1.82) is 0 Å². The second-order valence-electron chi connectivity index (χ2n) is 9.98. The van der Waals surface area contributed by atoms with Crippen LogP contribution in [0.25, 0.3) is 10.8 Å². The normalized spacial score (nSPS) is 13.8. The van der Waals surface area contributed by atoms with E-state index >= 15 is 0 Å². The fourth-order valence-corrected chi connectivity index (χ4v) is 11.7. The summed E-state index contributed by atoms with van der Waals surface area (Å²) in [4.78, 5) is 0. The molecule has 0 radical (unpaired) electrons. The van der Waals surface area contributed by atoms with Crippen LogP contribution in [0.5, 0.6) is 11.5 Å². The summed E-state index contributed by atoms with van der Waals surface area (Å²) >= 11 is -4.36. The predicted molar refractivity (Wildman–Crippen MR) is 167 cm³/mol. The third-order valence-electron chi connectivity index (χ3n) is 7.26. The first-order valence-electron chi connectivity index (χ1n) is 13.5. The Kier molecular flexibility index (Phi) is 10.8.